The van der Waals surface area contributed by atoms with Gasteiger partial charge in [0, 0.05) is 43.0 Å². The van der Waals surface area contributed by atoms with Gasteiger partial charge in [-0.1, -0.05) is 44.0 Å². The molecule has 6 rings (SSSR count). The van der Waals surface area contributed by atoms with Crippen LogP contribution < -0.4 is 5.32 Å². The topological polar surface area (TPSA) is 37.4 Å². The van der Waals surface area contributed by atoms with E-state index >= 15 is 0 Å². The maximum atomic E-state index is 6.45. The predicted molar refractivity (Wildman–Crippen MR) is 132 cm³/mol. The van der Waals surface area contributed by atoms with Gasteiger partial charge in [0.15, 0.2) is 0 Å². The molecule has 0 bridgehead atoms. The Morgan fingerprint density at radius 1 is 1.12 bits per heavy atom. The van der Waals surface area contributed by atoms with Crippen LogP contribution in [0, 0.1) is 0 Å². The molecule has 4 nitrogen and oxygen atoms in total. The van der Waals surface area contributed by atoms with Gasteiger partial charge in [-0.3, -0.25) is 9.88 Å². The molecular formula is C29H39N3O. The summed E-state index contributed by atoms with van der Waals surface area (Å²) in [5.41, 5.74) is 6.30. The van der Waals surface area contributed by atoms with Gasteiger partial charge in [0.05, 0.1) is 5.60 Å². The van der Waals surface area contributed by atoms with Crippen molar-refractivity contribution in [2.75, 3.05) is 26.2 Å². The van der Waals surface area contributed by atoms with Crippen molar-refractivity contribution < 1.29 is 4.74 Å². The number of likely N-dealkylation sites (N-methyl/N-ethyl adjacent to an activating group) is 1. The molecule has 2 aliphatic heterocycles. The Morgan fingerprint density at radius 2 is 2.03 bits per heavy atom. The van der Waals surface area contributed by atoms with E-state index in [1.54, 1.807) is 16.7 Å². The maximum Gasteiger partial charge on any atom is 0.0691 e. The summed E-state index contributed by atoms with van der Waals surface area (Å²) >= 11 is 0. The fraction of sp³-hybridized carbons (Fsp3) is 0.621. The largest absolute Gasteiger partial charge is 0.375 e. The van der Waals surface area contributed by atoms with Gasteiger partial charge in [0.2, 0.25) is 0 Å². The first-order chi connectivity index (χ1) is 16.2. The Labute approximate surface area is 199 Å². The molecule has 1 aromatic carbocycles. The highest BCUT2D eigenvalue weighted by atomic mass is 16.5. The number of nitrogens with zero attached hydrogens (tertiary/aromatic N) is 2. The Morgan fingerprint density at radius 3 is 2.85 bits per heavy atom. The Kier molecular flexibility index (Phi) is 5.80. The second-order valence-corrected chi connectivity index (χ2v) is 11.1. The monoisotopic (exact) mass is 445 g/mol. The number of ether oxygens (including phenoxy) is 1. The van der Waals surface area contributed by atoms with Gasteiger partial charge in [-0.2, -0.15) is 0 Å². The summed E-state index contributed by atoms with van der Waals surface area (Å²) in [5, 5.41) is 4.02. The van der Waals surface area contributed by atoms with Crippen LogP contribution in [0.1, 0.15) is 92.6 Å². The van der Waals surface area contributed by atoms with Crippen LogP contribution in [-0.4, -0.2) is 41.7 Å². The van der Waals surface area contributed by atoms with Crippen LogP contribution in [-0.2, 0) is 16.7 Å². The molecule has 1 aromatic heterocycles. The molecule has 3 atom stereocenters. The molecule has 1 spiro atoms. The smallest absolute Gasteiger partial charge is 0.0691 e. The summed E-state index contributed by atoms with van der Waals surface area (Å²) in [6, 6.07) is 14.0. The zero-order valence-electron chi connectivity index (χ0n) is 20.2. The van der Waals surface area contributed by atoms with E-state index in [1.165, 1.54) is 44.3 Å². The van der Waals surface area contributed by atoms with E-state index in [4.69, 9.17) is 9.72 Å². The van der Waals surface area contributed by atoms with E-state index in [2.05, 4.69) is 47.5 Å². The molecule has 33 heavy (non-hydrogen) atoms. The fourth-order valence-electron chi connectivity index (χ4n) is 7.60. The third-order valence-electron chi connectivity index (χ3n) is 9.22. The van der Waals surface area contributed by atoms with Gasteiger partial charge in [0.25, 0.3) is 0 Å². The van der Waals surface area contributed by atoms with Crippen molar-refractivity contribution in [2.45, 2.75) is 87.8 Å². The minimum atomic E-state index is 0.0953. The second kappa shape index (κ2) is 8.79. The standard InChI is InChI=1S/C29H39N3O/c1-2-32-19-22-8-7-9-24-25(18-23(20-32)27(22)24)30-16-13-28(26-10-3-6-15-31-26)14-17-33-29(21-28)11-4-5-12-29/h3,6-10,15,23,25,30H,2,4-5,11-14,16-21H2,1H3/t23?,25?,28-/m1/s1. The Bertz CT molecular complexity index is 970. The molecule has 4 aliphatic rings. The van der Waals surface area contributed by atoms with E-state index in [1.807, 2.05) is 12.3 Å². The Hall–Kier alpha value is -1.75. The minimum Gasteiger partial charge on any atom is -0.375 e. The number of nitrogens with one attached hydrogen (secondary N) is 1. The van der Waals surface area contributed by atoms with E-state index in [9.17, 15) is 0 Å². The maximum absolute atomic E-state index is 6.45. The van der Waals surface area contributed by atoms with Crippen LogP contribution in [0.5, 0.6) is 0 Å². The molecule has 0 amide bonds. The summed E-state index contributed by atoms with van der Waals surface area (Å²) in [4.78, 5) is 7.50. The molecule has 0 radical (unpaired) electrons. The molecule has 2 fully saturated rings. The van der Waals surface area contributed by atoms with Gasteiger partial charge in [-0.25, -0.2) is 0 Å². The lowest BCUT2D eigenvalue weighted by molar-refractivity contribution is -0.104. The van der Waals surface area contributed by atoms with Crippen LogP contribution in [0.2, 0.25) is 0 Å². The van der Waals surface area contributed by atoms with Crippen molar-refractivity contribution >= 4 is 0 Å². The van der Waals surface area contributed by atoms with Crippen molar-refractivity contribution in [1.82, 2.24) is 15.2 Å². The zero-order valence-corrected chi connectivity index (χ0v) is 20.2. The molecule has 2 aromatic rings. The highest BCUT2D eigenvalue weighted by molar-refractivity contribution is 5.45. The lowest BCUT2D eigenvalue weighted by Crippen LogP contribution is -2.47. The Balaban J connectivity index is 1.20. The molecule has 3 heterocycles. The lowest BCUT2D eigenvalue weighted by atomic mass is 9.68. The zero-order chi connectivity index (χ0) is 22.3. The first kappa shape index (κ1) is 21.8. The normalized spacial score (nSPS) is 30.6. The molecule has 1 saturated heterocycles. The number of aromatic nitrogens is 1. The van der Waals surface area contributed by atoms with E-state index in [-0.39, 0.29) is 11.0 Å². The number of benzene rings is 1. The number of hydrogen-bond acceptors (Lipinski definition) is 4. The van der Waals surface area contributed by atoms with Gasteiger partial charge in [0.1, 0.15) is 0 Å². The molecule has 1 saturated carbocycles. The first-order valence-corrected chi connectivity index (χ1v) is 13.3. The van der Waals surface area contributed by atoms with Crippen LogP contribution in [0.4, 0.5) is 0 Å². The molecule has 2 aliphatic carbocycles. The van der Waals surface area contributed by atoms with Crippen molar-refractivity contribution in [3.8, 4) is 0 Å². The number of rotatable bonds is 6. The highest BCUT2D eigenvalue weighted by Crippen LogP contribution is 2.50. The third-order valence-corrected chi connectivity index (χ3v) is 9.22. The van der Waals surface area contributed by atoms with Crippen LogP contribution >= 0.6 is 0 Å². The summed E-state index contributed by atoms with van der Waals surface area (Å²) in [7, 11) is 0. The van der Waals surface area contributed by atoms with Gasteiger partial charge >= 0.3 is 0 Å². The summed E-state index contributed by atoms with van der Waals surface area (Å²) < 4.78 is 6.45. The predicted octanol–water partition coefficient (Wildman–Crippen LogP) is 5.49. The van der Waals surface area contributed by atoms with E-state index < -0.39 is 0 Å². The highest BCUT2D eigenvalue weighted by Gasteiger charge is 2.48. The van der Waals surface area contributed by atoms with Crippen molar-refractivity contribution in [3.63, 3.8) is 0 Å². The van der Waals surface area contributed by atoms with Crippen molar-refractivity contribution in [1.29, 1.82) is 0 Å². The molecule has 4 heteroatoms. The summed E-state index contributed by atoms with van der Waals surface area (Å²) in [6.45, 7) is 7.70. The summed E-state index contributed by atoms with van der Waals surface area (Å²) in [5.74, 6) is 0.692. The second-order valence-electron chi connectivity index (χ2n) is 11.1. The average Bonchev–Trinajstić information content (AvgIpc) is 3.45. The van der Waals surface area contributed by atoms with Crippen LogP contribution in [0.25, 0.3) is 0 Å². The van der Waals surface area contributed by atoms with E-state index in [0.717, 1.165) is 45.5 Å². The number of pyridine rings is 1. The van der Waals surface area contributed by atoms with Gasteiger partial charge in [-0.15, -0.1) is 0 Å². The lowest BCUT2D eigenvalue weighted by Gasteiger charge is -2.46. The molecule has 2 unspecified atom stereocenters. The molecule has 176 valence electrons. The molecular weight excluding hydrogens is 406 g/mol. The van der Waals surface area contributed by atoms with Gasteiger partial charge in [-0.05, 0) is 86.4 Å². The SMILES string of the molecule is CCN1Cc2cccc3c2C(CC3NCC[C@@]2(c3ccccn3)CCOC3(CCCC3)C2)C1. The minimum absolute atomic E-state index is 0.0953. The van der Waals surface area contributed by atoms with Crippen molar-refractivity contribution in [2.24, 2.45) is 0 Å². The quantitative estimate of drug-likeness (QED) is 0.638. The number of hydrogen-bond donors (Lipinski definition) is 1. The fourth-order valence-corrected chi connectivity index (χ4v) is 7.60. The van der Waals surface area contributed by atoms with Crippen molar-refractivity contribution in [3.05, 3.63) is 65.0 Å². The average molecular weight is 446 g/mol. The van der Waals surface area contributed by atoms with Crippen LogP contribution in [0.3, 0.4) is 0 Å². The van der Waals surface area contributed by atoms with Gasteiger partial charge < -0.3 is 10.1 Å². The summed E-state index contributed by atoms with van der Waals surface area (Å²) in [6.07, 6.45) is 11.7. The molecule has 1 N–H and O–H groups in total. The van der Waals surface area contributed by atoms with E-state index in [0.29, 0.717) is 12.0 Å². The third kappa shape index (κ3) is 3.94. The first-order valence-electron chi connectivity index (χ1n) is 13.3. The van der Waals surface area contributed by atoms with Crippen LogP contribution in [0.15, 0.2) is 42.6 Å².